The van der Waals surface area contributed by atoms with Gasteiger partial charge in [0.25, 0.3) is 5.91 Å². The molecule has 0 bridgehead atoms. The minimum Gasteiger partial charge on any atom is -0.384 e. The maximum atomic E-state index is 14.0. The van der Waals surface area contributed by atoms with E-state index in [-0.39, 0.29) is 11.5 Å². The summed E-state index contributed by atoms with van der Waals surface area (Å²) in [6.45, 7) is 2.16. The zero-order valence-electron chi connectivity index (χ0n) is 17.3. The number of piperazine rings is 1. The highest BCUT2D eigenvalue weighted by molar-refractivity contribution is 5.95. The van der Waals surface area contributed by atoms with Crippen LogP contribution in [0.15, 0.2) is 67.1 Å². The summed E-state index contributed by atoms with van der Waals surface area (Å²) in [6, 6.07) is 15.8. The van der Waals surface area contributed by atoms with E-state index in [1.54, 1.807) is 29.6 Å². The molecule has 0 atom stereocenters. The molecule has 1 amide bonds. The summed E-state index contributed by atoms with van der Waals surface area (Å²) in [4.78, 5) is 29.6. The van der Waals surface area contributed by atoms with Gasteiger partial charge in [0.15, 0.2) is 0 Å². The highest BCUT2D eigenvalue weighted by atomic mass is 19.1. The molecule has 0 radical (unpaired) electrons. The lowest BCUT2D eigenvalue weighted by atomic mass is 10.0. The number of fused-ring (bicyclic) bond motifs is 1. The van der Waals surface area contributed by atoms with Crippen molar-refractivity contribution < 1.29 is 9.18 Å². The molecule has 7 nitrogen and oxygen atoms in total. The predicted octanol–water partition coefficient (Wildman–Crippen LogP) is 3.38. The van der Waals surface area contributed by atoms with Gasteiger partial charge in [-0.1, -0.05) is 18.2 Å². The number of benzene rings is 2. The largest absolute Gasteiger partial charge is 0.384 e. The van der Waals surface area contributed by atoms with E-state index in [2.05, 4.69) is 25.9 Å². The first kappa shape index (κ1) is 19.9. The Hall–Kier alpha value is -4.07. The van der Waals surface area contributed by atoms with E-state index in [9.17, 15) is 9.18 Å². The number of anilines is 2. The number of hydrogen-bond acceptors (Lipinski definition) is 6. The molecule has 0 spiro atoms. The monoisotopic (exact) mass is 428 g/mol. The first-order chi connectivity index (χ1) is 15.6. The standard InChI is InChI=1S/C24H21FN6O/c25-20-4-2-1-3-18(20)24(32)31-11-9-30(10-12-31)23-19-13-16(5-6-21(19)28-15-29-23)17-7-8-27-22(26)14-17/h1-8,13-15H,9-12H2,(H2,26,27). The summed E-state index contributed by atoms with van der Waals surface area (Å²) >= 11 is 0. The maximum absolute atomic E-state index is 14.0. The van der Waals surface area contributed by atoms with E-state index >= 15 is 0 Å². The minimum absolute atomic E-state index is 0.106. The molecule has 0 saturated carbocycles. The summed E-state index contributed by atoms with van der Waals surface area (Å²) in [5, 5.41) is 0.925. The third-order valence-corrected chi connectivity index (χ3v) is 5.70. The van der Waals surface area contributed by atoms with Crippen LogP contribution >= 0.6 is 0 Å². The molecule has 2 aromatic carbocycles. The molecule has 3 heterocycles. The van der Waals surface area contributed by atoms with Crippen LogP contribution in [-0.4, -0.2) is 51.9 Å². The number of hydrogen-bond donors (Lipinski definition) is 1. The van der Waals surface area contributed by atoms with Crippen molar-refractivity contribution in [1.82, 2.24) is 19.9 Å². The van der Waals surface area contributed by atoms with Crippen LogP contribution < -0.4 is 10.6 Å². The van der Waals surface area contributed by atoms with Gasteiger partial charge in [0, 0.05) is 37.8 Å². The summed E-state index contributed by atoms with van der Waals surface area (Å²) in [5.41, 5.74) is 8.75. The second kappa shape index (κ2) is 8.22. The maximum Gasteiger partial charge on any atom is 0.256 e. The Balaban J connectivity index is 1.40. The van der Waals surface area contributed by atoms with E-state index in [4.69, 9.17) is 5.73 Å². The molecule has 8 heteroatoms. The molecule has 1 saturated heterocycles. The van der Waals surface area contributed by atoms with Gasteiger partial charge in [0.05, 0.1) is 11.1 Å². The van der Waals surface area contributed by atoms with E-state index in [1.807, 2.05) is 24.3 Å². The molecule has 4 aromatic rings. The third-order valence-electron chi connectivity index (χ3n) is 5.70. The normalized spacial score (nSPS) is 14.0. The predicted molar refractivity (Wildman–Crippen MR) is 122 cm³/mol. The molecule has 1 aliphatic rings. The molecule has 2 aromatic heterocycles. The van der Waals surface area contributed by atoms with Crippen molar-refractivity contribution >= 4 is 28.4 Å². The summed E-state index contributed by atoms with van der Waals surface area (Å²) in [6.07, 6.45) is 3.24. The number of pyridine rings is 1. The van der Waals surface area contributed by atoms with Crippen LogP contribution in [-0.2, 0) is 0 Å². The summed E-state index contributed by atoms with van der Waals surface area (Å²) in [7, 11) is 0. The second-order valence-corrected chi connectivity index (χ2v) is 7.66. The topological polar surface area (TPSA) is 88.2 Å². The van der Waals surface area contributed by atoms with Crippen molar-refractivity contribution in [3.8, 4) is 11.1 Å². The van der Waals surface area contributed by atoms with Gasteiger partial charge in [-0.15, -0.1) is 0 Å². The van der Waals surface area contributed by atoms with Crippen molar-refractivity contribution in [2.75, 3.05) is 36.8 Å². The number of amides is 1. The molecule has 32 heavy (non-hydrogen) atoms. The van der Waals surface area contributed by atoms with Gasteiger partial charge >= 0.3 is 0 Å². The number of nitrogens with zero attached hydrogens (tertiary/aromatic N) is 5. The number of nitrogen functional groups attached to an aromatic ring is 1. The van der Waals surface area contributed by atoms with Crippen molar-refractivity contribution in [2.45, 2.75) is 0 Å². The molecule has 1 aliphatic heterocycles. The Kier molecular flexibility index (Phi) is 5.10. The molecule has 2 N–H and O–H groups in total. The lowest BCUT2D eigenvalue weighted by Gasteiger charge is -2.35. The number of carbonyl (C=O) groups is 1. The lowest BCUT2D eigenvalue weighted by molar-refractivity contribution is 0.0742. The van der Waals surface area contributed by atoms with Gasteiger partial charge < -0.3 is 15.5 Å². The van der Waals surface area contributed by atoms with Gasteiger partial charge in [-0.2, -0.15) is 0 Å². The Morgan fingerprint density at radius 1 is 0.906 bits per heavy atom. The lowest BCUT2D eigenvalue weighted by Crippen LogP contribution is -2.49. The first-order valence-electron chi connectivity index (χ1n) is 10.4. The van der Waals surface area contributed by atoms with Crippen molar-refractivity contribution in [2.24, 2.45) is 0 Å². The van der Waals surface area contributed by atoms with Crippen LogP contribution in [0.1, 0.15) is 10.4 Å². The SMILES string of the molecule is Nc1cc(-c2ccc3ncnc(N4CCN(C(=O)c5ccccc5F)CC4)c3c2)ccn1. The molecule has 1 fully saturated rings. The number of aromatic nitrogens is 3. The zero-order valence-corrected chi connectivity index (χ0v) is 17.3. The highest BCUT2D eigenvalue weighted by Gasteiger charge is 2.25. The van der Waals surface area contributed by atoms with Crippen LogP contribution in [0.4, 0.5) is 16.0 Å². The average molecular weight is 428 g/mol. The van der Waals surface area contributed by atoms with Crippen LogP contribution in [0.2, 0.25) is 0 Å². The number of halogens is 1. The van der Waals surface area contributed by atoms with Gasteiger partial charge in [-0.25, -0.2) is 19.3 Å². The molecular weight excluding hydrogens is 407 g/mol. The van der Waals surface area contributed by atoms with Gasteiger partial charge in [-0.3, -0.25) is 4.79 Å². The Bertz CT molecular complexity index is 1300. The van der Waals surface area contributed by atoms with E-state index < -0.39 is 5.82 Å². The highest BCUT2D eigenvalue weighted by Crippen LogP contribution is 2.29. The summed E-state index contributed by atoms with van der Waals surface area (Å²) < 4.78 is 14.0. The quantitative estimate of drug-likeness (QED) is 0.538. The number of rotatable bonds is 3. The van der Waals surface area contributed by atoms with Crippen LogP contribution in [0, 0.1) is 5.82 Å². The number of carbonyl (C=O) groups excluding carboxylic acids is 1. The second-order valence-electron chi connectivity index (χ2n) is 7.66. The van der Waals surface area contributed by atoms with Gasteiger partial charge in [0.1, 0.15) is 23.8 Å². The fourth-order valence-electron chi connectivity index (χ4n) is 4.03. The molecule has 5 rings (SSSR count). The summed E-state index contributed by atoms with van der Waals surface area (Å²) in [5.74, 6) is 0.499. The number of nitrogens with two attached hydrogens (primary N) is 1. The minimum atomic E-state index is -0.494. The van der Waals surface area contributed by atoms with E-state index in [1.165, 1.54) is 12.1 Å². The van der Waals surface area contributed by atoms with E-state index in [0.29, 0.717) is 32.0 Å². The Morgan fingerprint density at radius 2 is 1.69 bits per heavy atom. The molecular formula is C24H21FN6O. The van der Waals surface area contributed by atoms with Crippen LogP contribution in [0.3, 0.4) is 0 Å². The molecule has 0 aliphatic carbocycles. The van der Waals surface area contributed by atoms with Crippen LogP contribution in [0.5, 0.6) is 0 Å². The smallest absolute Gasteiger partial charge is 0.256 e. The van der Waals surface area contributed by atoms with Crippen molar-refractivity contribution in [1.29, 1.82) is 0 Å². The molecule has 0 unspecified atom stereocenters. The Morgan fingerprint density at radius 3 is 2.47 bits per heavy atom. The van der Waals surface area contributed by atoms with Crippen molar-refractivity contribution in [3.63, 3.8) is 0 Å². The van der Waals surface area contributed by atoms with E-state index in [0.717, 1.165) is 27.8 Å². The van der Waals surface area contributed by atoms with Crippen molar-refractivity contribution in [3.05, 3.63) is 78.5 Å². The van der Waals surface area contributed by atoms with Gasteiger partial charge in [0.2, 0.25) is 0 Å². The van der Waals surface area contributed by atoms with Gasteiger partial charge in [-0.05, 0) is 47.5 Å². The Labute approximate surface area is 184 Å². The zero-order chi connectivity index (χ0) is 22.1. The average Bonchev–Trinajstić information content (AvgIpc) is 2.83. The van der Waals surface area contributed by atoms with Crippen LogP contribution in [0.25, 0.3) is 22.0 Å². The first-order valence-corrected chi connectivity index (χ1v) is 10.4. The third kappa shape index (κ3) is 3.71. The molecule has 160 valence electrons. The fraction of sp³-hybridized carbons (Fsp3) is 0.167. The fourth-order valence-corrected chi connectivity index (χ4v) is 4.03.